The van der Waals surface area contributed by atoms with E-state index in [0.717, 1.165) is 9.88 Å². The molecule has 0 spiro atoms. The molecule has 0 amide bonds. The molecule has 0 aliphatic rings. The van der Waals surface area contributed by atoms with Gasteiger partial charge in [-0.2, -0.15) is 0 Å². The lowest BCUT2D eigenvalue weighted by molar-refractivity contribution is 0.0698. The van der Waals surface area contributed by atoms with Crippen LogP contribution in [0.5, 0.6) is 0 Å². The van der Waals surface area contributed by atoms with Crippen LogP contribution in [0.15, 0.2) is 24.7 Å². The van der Waals surface area contributed by atoms with Gasteiger partial charge < -0.3 is 10.4 Å². The molecule has 5 nitrogen and oxygen atoms in total. The van der Waals surface area contributed by atoms with E-state index in [2.05, 4.69) is 15.3 Å². The molecule has 2 rings (SSSR count). The van der Waals surface area contributed by atoms with Crippen molar-refractivity contribution >= 4 is 23.0 Å². The number of nitrogens with one attached hydrogen (secondary N) is 1. The number of aromatic carboxylic acids is 1. The number of aryl methyl sites for hydroxylation is 1. The summed E-state index contributed by atoms with van der Waals surface area (Å²) in [5.74, 6) is -0.970. The molecular formula is C12H13N3O2S. The van der Waals surface area contributed by atoms with Crippen molar-refractivity contribution in [3.05, 3.63) is 40.1 Å². The zero-order valence-electron chi connectivity index (χ0n) is 10.0. The smallest absolute Gasteiger partial charge is 0.337 e. The minimum Gasteiger partial charge on any atom is -0.478 e. The lowest BCUT2D eigenvalue weighted by atomic mass is 10.2. The molecule has 94 valence electrons. The van der Waals surface area contributed by atoms with Crippen molar-refractivity contribution < 1.29 is 9.90 Å². The molecule has 0 fully saturated rings. The molecule has 0 radical (unpaired) electrons. The Kier molecular flexibility index (Phi) is 3.57. The van der Waals surface area contributed by atoms with Crippen molar-refractivity contribution in [2.45, 2.75) is 19.9 Å². The van der Waals surface area contributed by atoms with Gasteiger partial charge in [0.2, 0.25) is 0 Å². The Labute approximate surface area is 109 Å². The van der Waals surface area contributed by atoms with Gasteiger partial charge in [0.15, 0.2) is 0 Å². The molecule has 0 bridgehead atoms. The van der Waals surface area contributed by atoms with E-state index in [-0.39, 0.29) is 11.6 Å². The number of carboxylic acids is 1. The predicted molar refractivity (Wildman–Crippen MR) is 70.1 cm³/mol. The molecule has 0 saturated heterocycles. The van der Waals surface area contributed by atoms with E-state index in [4.69, 9.17) is 5.11 Å². The number of aromatic nitrogens is 2. The molecule has 0 aromatic carbocycles. The second-order valence-corrected chi connectivity index (χ2v) is 5.17. The van der Waals surface area contributed by atoms with Crippen LogP contribution in [-0.4, -0.2) is 21.0 Å². The second-order valence-electron chi connectivity index (χ2n) is 3.90. The Morgan fingerprint density at radius 1 is 1.50 bits per heavy atom. The summed E-state index contributed by atoms with van der Waals surface area (Å²) in [6.45, 7) is 3.93. The molecule has 0 aliphatic heterocycles. The fourth-order valence-electron chi connectivity index (χ4n) is 1.56. The molecule has 2 N–H and O–H groups in total. The fraction of sp³-hybridized carbons (Fsp3) is 0.250. The minimum atomic E-state index is -0.970. The predicted octanol–water partition coefficient (Wildman–Crippen LogP) is 2.72. The maximum absolute atomic E-state index is 11.1. The highest BCUT2D eigenvalue weighted by Gasteiger charge is 2.14. The first-order valence-corrected chi connectivity index (χ1v) is 6.25. The Hall–Kier alpha value is -1.95. The van der Waals surface area contributed by atoms with Crippen molar-refractivity contribution in [2.24, 2.45) is 0 Å². The molecule has 0 saturated carbocycles. The Morgan fingerprint density at radius 2 is 2.28 bits per heavy atom. The van der Waals surface area contributed by atoms with Gasteiger partial charge >= 0.3 is 5.97 Å². The molecule has 1 unspecified atom stereocenters. The Morgan fingerprint density at radius 3 is 2.89 bits per heavy atom. The summed E-state index contributed by atoms with van der Waals surface area (Å²) in [7, 11) is 0. The number of thiazole rings is 1. The SMILES string of the molecule is Cc1cnc(C(C)Nc2cnccc2C(=O)O)s1. The highest BCUT2D eigenvalue weighted by atomic mass is 32.1. The van der Waals surface area contributed by atoms with Gasteiger partial charge in [-0.1, -0.05) is 0 Å². The van der Waals surface area contributed by atoms with Gasteiger partial charge in [0.1, 0.15) is 5.01 Å². The van der Waals surface area contributed by atoms with Crippen LogP contribution in [-0.2, 0) is 0 Å². The normalized spacial score (nSPS) is 12.1. The number of pyridine rings is 1. The third-order valence-electron chi connectivity index (χ3n) is 2.43. The van der Waals surface area contributed by atoms with Gasteiger partial charge in [0.05, 0.1) is 23.5 Å². The molecule has 18 heavy (non-hydrogen) atoms. The van der Waals surface area contributed by atoms with Gasteiger partial charge in [-0.15, -0.1) is 11.3 Å². The molecule has 2 heterocycles. The van der Waals surface area contributed by atoms with Gasteiger partial charge in [-0.3, -0.25) is 4.98 Å². The van der Waals surface area contributed by atoms with Crippen molar-refractivity contribution in [1.29, 1.82) is 0 Å². The van der Waals surface area contributed by atoms with E-state index in [9.17, 15) is 4.79 Å². The first kappa shape index (κ1) is 12.5. The minimum absolute atomic E-state index is 0.0500. The van der Waals surface area contributed by atoms with Crippen LogP contribution in [0, 0.1) is 6.92 Å². The van der Waals surface area contributed by atoms with Gasteiger partial charge in [0, 0.05) is 17.3 Å². The fourth-order valence-corrected chi connectivity index (χ4v) is 2.34. The molecule has 2 aromatic heterocycles. The topological polar surface area (TPSA) is 75.1 Å². The number of hydrogen-bond donors (Lipinski definition) is 2. The van der Waals surface area contributed by atoms with E-state index >= 15 is 0 Å². The van der Waals surface area contributed by atoms with Crippen molar-refractivity contribution in [3.8, 4) is 0 Å². The Bertz CT molecular complexity index is 568. The third-order valence-corrected chi connectivity index (χ3v) is 3.53. The van der Waals surface area contributed by atoms with Crippen molar-refractivity contribution in [1.82, 2.24) is 9.97 Å². The van der Waals surface area contributed by atoms with Gasteiger partial charge in [-0.05, 0) is 19.9 Å². The summed E-state index contributed by atoms with van der Waals surface area (Å²) in [5, 5.41) is 13.1. The van der Waals surface area contributed by atoms with E-state index in [1.54, 1.807) is 17.5 Å². The average Bonchev–Trinajstić information content (AvgIpc) is 2.76. The Balaban J connectivity index is 2.21. The van der Waals surface area contributed by atoms with Crippen LogP contribution < -0.4 is 5.32 Å². The first-order chi connectivity index (χ1) is 8.58. The van der Waals surface area contributed by atoms with Gasteiger partial charge in [-0.25, -0.2) is 9.78 Å². The standard InChI is InChI=1S/C12H13N3O2S/c1-7-5-14-11(18-7)8(2)15-10-6-13-4-3-9(10)12(16)17/h3-6,8,15H,1-2H3,(H,16,17). The van der Waals surface area contributed by atoms with Gasteiger partial charge in [0.25, 0.3) is 0 Å². The van der Waals surface area contributed by atoms with Crippen LogP contribution in [0.2, 0.25) is 0 Å². The summed E-state index contributed by atoms with van der Waals surface area (Å²) in [6.07, 6.45) is 4.78. The van der Waals surface area contributed by atoms with Crippen LogP contribution in [0.4, 0.5) is 5.69 Å². The number of carbonyl (C=O) groups is 1. The largest absolute Gasteiger partial charge is 0.478 e. The quantitative estimate of drug-likeness (QED) is 0.887. The van der Waals surface area contributed by atoms with E-state index < -0.39 is 5.97 Å². The highest BCUT2D eigenvalue weighted by molar-refractivity contribution is 7.11. The number of rotatable bonds is 4. The van der Waals surface area contributed by atoms with Crippen LogP contribution >= 0.6 is 11.3 Å². The summed E-state index contributed by atoms with van der Waals surface area (Å²) in [4.78, 5) is 20.4. The average molecular weight is 263 g/mol. The van der Waals surface area contributed by atoms with E-state index in [1.807, 2.05) is 13.8 Å². The lowest BCUT2D eigenvalue weighted by Gasteiger charge is -2.14. The number of nitrogens with zero attached hydrogens (tertiary/aromatic N) is 2. The maximum Gasteiger partial charge on any atom is 0.337 e. The number of carboxylic acid groups (broad SMARTS) is 1. The lowest BCUT2D eigenvalue weighted by Crippen LogP contribution is -2.10. The van der Waals surface area contributed by atoms with E-state index in [0.29, 0.717) is 5.69 Å². The first-order valence-electron chi connectivity index (χ1n) is 5.44. The van der Waals surface area contributed by atoms with Crippen LogP contribution in [0.1, 0.15) is 33.2 Å². The molecule has 1 atom stereocenters. The molecule has 0 aliphatic carbocycles. The monoisotopic (exact) mass is 263 g/mol. The number of hydrogen-bond acceptors (Lipinski definition) is 5. The summed E-state index contributed by atoms with van der Waals surface area (Å²) < 4.78 is 0. The maximum atomic E-state index is 11.1. The molecule has 6 heteroatoms. The van der Waals surface area contributed by atoms with Crippen molar-refractivity contribution in [3.63, 3.8) is 0 Å². The van der Waals surface area contributed by atoms with Crippen LogP contribution in [0.3, 0.4) is 0 Å². The number of anilines is 1. The van der Waals surface area contributed by atoms with Crippen molar-refractivity contribution in [2.75, 3.05) is 5.32 Å². The highest BCUT2D eigenvalue weighted by Crippen LogP contribution is 2.24. The molecule has 2 aromatic rings. The van der Waals surface area contributed by atoms with E-state index in [1.165, 1.54) is 18.5 Å². The zero-order chi connectivity index (χ0) is 13.1. The molecular weight excluding hydrogens is 250 g/mol. The van der Waals surface area contributed by atoms with Crippen LogP contribution in [0.25, 0.3) is 0 Å². The summed E-state index contributed by atoms with van der Waals surface area (Å²) in [5.41, 5.74) is 0.718. The zero-order valence-corrected chi connectivity index (χ0v) is 10.9. The third kappa shape index (κ3) is 2.65. The summed E-state index contributed by atoms with van der Waals surface area (Å²) >= 11 is 1.59. The summed E-state index contributed by atoms with van der Waals surface area (Å²) in [6, 6.07) is 1.43. The second kappa shape index (κ2) is 5.14.